The Labute approximate surface area is 231 Å². The Balaban J connectivity index is 1.20. The molecule has 0 aromatic heterocycles. The second-order valence-electron chi connectivity index (χ2n) is 13.4. The Bertz CT molecular complexity index is 1030. The Morgan fingerprint density at radius 1 is 1.00 bits per heavy atom. The largest absolute Gasteiger partial charge is 0.341 e. The lowest BCUT2D eigenvalue weighted by molar-refractivity contribution is -0.137. The molecule has 1 aliphatic carbocycles. The Hall–Kier alpha value is -2.22. The smallest absolute Gasteiger partial charge is 0.320 e. The van der Waals surface area contributed by atoms with Crippen molar-refractivity contribution in [2.24, 2.45) is 17.8 Å². The average molecular weight is 543 g/mol. The van der Waals surface area contributed by atoms with Crippen LogP contribution in [0.2, 0.25) is 0 Å². The molecule has 1 saturated carbocycles. The zero-order valence-corrected chi connectivity index (χ0v) is 23.5. The van der Waals surface area contributed by atoms with Gasteiger partial charge in [-0.05, 0) is 55.9 Å². The SMILES string of the molecule is CC(C)CN1C(=O)N(CC(F)F)CC12CC1CCC(C2)N1C[C@H]1CN(C(=O)C2CCC2)C[C@@H]1c1ccccc1. The van der Waals surface area contributed by atoms with Gasteiger partial charge in [0.05, 0.1) is 12.1 Å². The molecule has 1 aromatic rings. The summed E-state index contributed by atoms with van der Waals surface area (Å²) >= 11 is 0. The van der Waals surface area contributed by atoms with E-state index in [0.717, 1.165) is 58.2 Å². The van der Waals surface area contributed by atoms with Gasteiger partial charge >= 0.3 is 6.03 Å². The minimum atomic E-state index is -2.51. The predicted molar refractivity (Wildman–Crippen MR) is 147 cm³/mol. The van der Waals surface area contributed by atoms with E-state index in [4.69, 9.17) is 0 Å². The van der Waals surface area contributed by atoms with Crippen LogP contribution in [0.4, 0.5) is 13.6 Å². The molecule has 8 heteroatoms. The van der Waals surface area contributed by atoms with Crippen LogP contribution in [0.1, 0.15) is 70.3 Å². The summed E-state index contributed by atoms with van der Waals surface area (Å²) in [7, 11) is 0. The molecule has 2 unspecified atom stereocenters. The highest BCUT2D eigenvalue weighted by Crippen LogP contribution is 2.48. The van der Waals surface area contributed by atoms with Crippen LogP contribution in [0.3, 0.4) is 0 Å². The van der Waals surface area contributed by atoms with Crippen LogP contribution in [0.15, 0.2) is 30.3 Å². The highest BCUT2D eigenvalue weighted by Gasteiger charge is 2.58. The summed E-state index contributed by atoms with van der Waals surface area (Å²) in [5.41, 5.74) is 0.971. The Kier molecular flexibility index (Phi) is 7.36. The molecule has 39 heavy (non-hydrogen) atoms. The third kappa shape index (κ3) is 5.07. The maximum atomic E-state index is 13.4. The van der Waals surface area contributed by atoms with Crippen molar-refractivity contribution in [2.75, 3.05) is 39.3 Å². The van der Waals surface area contributed by atoms with Gasteiger partial charge < -0.3 is 14.7 Å². The predicted octanol–water partition coefficient (Wildman–Crippen LogP) is 5.05. The average Bonchev–Trinajstić information content (AvgIpc) is 3.46. The zero-order valence-electron chi connectivity index (χ0n) is 23.5. The first-order valence-electron chi connectivity index (χ1n) is 15.2. The molecule has 4 heterocycles. The number of fused-ring (bicyclic) bond motifs is 2. The molecule has 4 saturated heterocycles. The number of urea groups is 1. The first-order chi connectivity index (χ1) is 18.7. The minimum absolute atomic E-state index is 0.207. The topological polar surface area (TPSA) is 47.1 Å². The number of hydrogen-bond acceptors (Lipinski definition) is 3. The van der Waals surface area contributed by atoms with E-state index in [-0.39, 0.29) is 23.4 Å². The van der Waals surface area contributed by atoms with Crippen molar-refractivity contribution in [3.63, 3.8) is 0 Å². The monoisotopic (exact) mass is 542 g/mol. The molecule has 3 amide bonds. The van der Waals surface area contributed by atoms with Crippen LogP contribution in [0.5, 0.6) is 0 Å². The van der Waals surface area contributed by atoms with E-state index >= 15 is 0 Å². The molecule has 0 radical (unpaired) electrons. The van der Waals surface area contributed by atoms with Gasteiger partial charge in [0.25, 0.3) is 6.43 Å². The van der Waals surface area contributed by atoms with Crippen molar-refractivity contribution in [3.8, 4) is 0 Å². The summed E-state index contributed by atoms with van der Waals surface area (Å²) in [4.78, 5) is 34.7. The third-order valence-corrected chi connectivity index (χ3v) is 10.3. The molecule has 2 bridgehead atoms. The van der Waals surface area contributed by atoms with E-state index in [1.807, 2.05) is 4.90 Å². The van der Waals surface area contributed by atoms with E-state index in [9.17, 15) is 18.4 Å². The molecule has 1 aromatic carbocycles. The van der Waals surface area contributed by atoms with Crippen LogP contribution in [0, 0.1) is 17.8 Å². The number of alkyl halides is 2. The van der Waals surface area contributed by atoms with Gasteiger partial charge in [0, 0.05) is 56.6 Å². The fraction of sp³-hybridized carbons (Fsp3) is 0.742. The molecule has 0 N–H and O–H groups in total. The van der Waals surface area contributed by atoms with Crippen molar-refractivity contribution >= 4 is 11.9 Å². The van der Waals surface area contributed by atoms with Gasteiger partial charge in [0.2, 0.25) is 5.91 Å². The van der Waals surface area contributed by atoms with E-state index in [1.54, 1.807) is 0 Å². The van der Waals surface area contributed by atoms with Crippen molar-refractivity contribution in [1.82, 2.24) is 19.6 Å². The number of hydrogen-bond donors (Lipinski definition) is 0. The van der Waals surface area contributed by atoms with E-state index < -0.39 is 13.0 Å². The van der Waals surface area contributed by atoms with Gasteiger partial charge in [-0.2, -0.15) is 0 Å². The van der Waals surface area contributed by atoms with Gasteiger partial charge in [-0.25, -0.2) is 13.6 Å². The number of benzene rings is 1. The molecule has 4 atom stereocenters. The van der Waals surface area contributed by atoms with E-state index in [2.05, 4.69) is 54.0 Å². The van der Waals surface area contributed by atoms with Gasteiger partial charge in [-0.15, -0.1) is 0 Å². The fourth-order valence-electron chi connectivity index (χ4n) is 8.39. The summed E-state index contributed by atoms with van der Waals surface area (Å²) in [6, 6.07) is 11.2. The first kappa shape index (κ1) is 27.0. The number of carbonyl (C=O) groups is 2. The fourth-order valence-corrected chi connectivity index (χ4v) is 8.39. The number of piperidine rings is 1. The van der Waals surface area contributed by atoms with Crippen LogP contribution >= 0.6 is 0 Å². The molecule has 214 valence electrons. The summed E-state index contributed by atoms with van der Waals surface area (Å²) in [5, 5.41) is 0. The first-order valence-corrected chi connectivity index (χ1v) is 15.2. The molecular weight excluding hydrogens is 498 g/mol. The normalized spacial score (nSPS) is 33.3. The van der Waals surface area contributed by atoms with Gasteiger partial charge in [0.1, 0.15) is 0 Å². The third-order valence-electron chi connectivity index (χ3n) is 10.3. The summed E-state index contributed by atoms with van der Waals surface area (Å²) in [5.74, 6) is 1.56. The Morgan fingerprint density at radius 2 is 1.69 bits per heavy atom. The number of carbonyl (C=O) groups excluding carboxylic acids is 2. The second-order valence-corrected chi connectivity index (χ2v) is 13.4. The number of likely N-dealkylation sites (tertiary alicyclic amines) is 1. The highest BCUT2D eigenvalue weighted by atomic mass is 19.3. The number of rotatable bonds is 8. The second kappa shape index (κ2) is 10.6. The van der Waals surface area contributed by atoms with Crippen LogP contribution < -0.4 is 0 Å². The highest BCUT2D eigenvalue weighted by molar-refractivity contribution is 5.80. The van der Waals surface area contributed by atoms with Crippen molar-refractivity contribution < 1.29 is 18.4 Å². The maximum Gasteiger partial charge on any atom is 0.320 e. The van der Waals surface area contributed by atoms with Crippen molar-refractivity contribution in [3.05, 3.63) is 35.9 Å². The van der Waals surface area contributed by atoms with Gasteiger partial charge in [-0.1, -0.05) is 50.6 Å². The summed E-state index contributed by atoms with van der Waals surface area (Å²) in [6.07, 6.45) is 4.62. The molecular formula is C31H44F2N4O2. The molecule has 5 fully saturated rings. The molecule has 6 rings (SSSR count). The quantitative estimate of drug-likeness (QED) is 0.462. The van der Waals surface area contributed by atoms with Crippen LogP contribution in [-0.4, -0.2) is 94.9 Å². The minimum Gasteiger partial charge on any atom is -0.341 e. The van der Waals surface area contributed by atoms with Gasteiger partial charge in [-0.3, -0.25) is 9.69 Å². The van der Waals surface area contributed by atoms with Crippen LogP contribution in [-0.2, 0) is 4.79 Å². The summed E-state index contributed by atoms with van der Waals surface area (Å²) < 4.78 is 26.7. The van der Waals surface area contributed by atoms with Crippen LogP contribution in [0.25, 0.3) is 0 Å². The zero-order chi connectivity index (χ0) is 27.3. The lowest BCUT2D eigenvalue weighted by Crippen LogP contribution is -2.59. The van der Waals surface area contributed by atoms with Crippen molar-refractivity contribution in [2.45, 2.75) is 88.8 Å². The van der Waals surface area contributed by atoms with Crippen molar-refractivity contribution in [1.29, 1.82) is 0 Å². The lowest BCUT2D eigenvalue weighted by Gasteiger charge is -2.49. The Morgan fingerprint density at radius 3 is 2.28 bits per heavy atom. The molecule has 5 aliphatic rings. The summed E-state index contributed by atoms with van der Waals surface area (Å²) in [6.45, 7) is 7.34. The number of nitrogens with zero attached hydrogens (tertiary/aromatic N) is 4. The number of amides is 3. The standard InChI is InChI=1S/C31H44F2N4O2/c1-21(2)15-37-30(39)35(19-28(32)33)20-31(37)13-25-11-12-26(14-31)36(25)17-24-16-34(29(38)23-9-6-10-23)18-27(24)22-7-4-3-5-8-22/h3-5,7-8,21,23-28H,6,9-20H2,1-2H3/t24-,25?,26?,27-,31?/m1/s1. The maximum absolute atomic E-state index is 13.4. The molecule has 1 spiro atoms. The molecule has 6 nitrogen and oxygen atoms in total. The van der Waals surface area contributed by atoms with E-state index in [0.29, 0.717) is 42.9 Å². The lowest BCUT2D eigenvalue weighted by atomic mass is 9.80. The molecule has 4 aliphatic heterocycles. The van der Waals surface area contributed by atoms with E-state index in [1.165, 1.54) is 16.9 Å². The number of halogens is 2. The van der Waals surface area contributed by atoms with Gasteiger partial charge in [0.15, 0.2) is 0 Å².